The van der Waals surface area contributed by atoms with E-state index in [2.05, 4.69) is 10.2 Å². The highest BCUT2D eigenvalue weighted by atomic mass is 35.7. The van der Waals surface area contributed by atoms with Crippen LogP contribution in [0.25, 0.3) is 0 Å². The topological polar surface area (TPSA) is 64.8 Å². The van der Waals surface area contributed by atoms with Gasteiger partial charge in [-0.2, -0.15) is 0 Å². The van der Waals surface area contributed by atoms with Gasteiger partial charge in [-0.15, -0.1) is 10.2 Å². The Balaban J connectivity index is 2.57. The maximum absolute atomic E-state index is 11.3. The molecule has 2 rings (SSSR count). The first-order valence-electron chi connectivity index (χ1n) is 4.80. The molecule has 1 heterocycles. The molecule has 0 N–H and O–H groups in total. The molecule has 0 unspecified atom stereocenters. The van der Waals surface area contributed by atoms with Gasteiger partial charge in [-0.3, -0.25) is 4.57 Å². The van der Waals surface area contributed by atoms with E-state index in [4.69, 9.17) is 10.7 Å². The molecule has 0 aliphatic heterocycles. The van der Waals surface area contributed by atoms with Crippen molar-refractivity contribution in [2.45, 2.75) is 43.8 Å². The van der Waals surface area contributed by atoms with Gasteiger partial charge in [0.1, 0.15) is 5.82 Å². The van der Waals surface area contributed by atoms with Crippen LogP contribution in [0.5, 0.6) is 0 Å². The average molecular weight is 250 g/mol. The van der Waals surface area contributed by atoms with Crippen molar-refractivity contribution < 1.29 is 8.42 Å². The van der Waals surface area contributed by atoms with Crippen LogP contribution in [0.15, 0.2) is 5.16 Å². The fraction of sp³-hybridized carbons (Fsp3) is 0.750. The van der Waals surface area contributed by atoms with Crippen molar-refractivity contribution in [3.8, 4) is 0 Å². The molecule has 1 saturated carbocycles. The molecule has 0 saturated heterocycles. The summed E-state index contributed by atoms with van der Waals surface area (Å²) in [5, 5.41) is 7.44. The zero-order chi connectivity index (χ0) is 11.2. The summed E-state index contributed by atoms with van der Waals surface area (Å²) in [7, 11) is 1.51. The zero-order valence-electron chi connectivity index (χ0n) is 8.51. The van der Waals surface area contributed by atoms with Gasteiger partial charge >= 0.3 is 0 Å². The van der Waals surface area contributed by atoms with Crippen molar-refractivity contribution in [2.75, 3.05) is 0 Å². The quantitative estimate of drug-likeness (QED) is 0.765. The molecule has 15 heavy (non-hydrogen) atoms. The standard InChI is InChI=1S/C8H12ClN3O2S/c1-5(2)7-10-11-8(15(9,13)14)12(7)6-3-4-6/h5-6H,3-4H2,1-2H3. The zero-order valence-corrected chi connectivity index (χ0v) is 10.1. The van der Waals surface area contributed by atoms with E-state index < -0.39 is 9.05 Å². The Labute approximate surface area is 92.9 Å². The molecule has 5 nitrogen and oxygen atoms in total. The minimum Gasteiger partial charge on any atom is -0.297 e. The van der Waals surface area contributed by atoms with Crippen LogP contribution >= 0.6 is 10.7 Å². The fourth-order valence-corrected chi connectivity index (χ4v) is 2.46. The number of halogens is 1. The normalized spacial score (nSPS) is 17.3. The molecule has 0 spiro atoms. The molecular formula is C8H12ClN3O2S. The largest absolute Gasteiger partial charge is 0.297 e. The summed E-state index contributed by atoms with van der Waals surface area (Å²) in [6, 6.07) is 0.209. The summed E-state index contributed by atoms with van der Waals surface area (Å²) in [5.74, 6) is 0.835. The maximum atomic E-state index is 11.3. The number of nitrogens with zero attached hydrogens (tertiary/aromatic N) is 3. The molecule has 0 amide bonds. The smallest absolute Gasteiger partial charge is 0.296 e. The van der Waals surface area contributed by atoms with Crippen LogP contribution < -0.4 is 0 Å². The lowest BCUT2D eigenvalue weighted by Gasteiger charge is -2.08. The van der Waals surface area contributed by atoms with Crippen molar-refractivity contribution in [2.24, 2.45) is 0 Å². The Morgan fingerprint density at radius 2 is 2.00 bits per heavy atom. The van der Waals surface area contributed by atoms with Crippen LogP contribution in [-0.2, 0) is 9.05 Å². The van der Waals surface area contributed by atoms with Gasteiger partial charge in [-0.1, -0.05) is 13.8 Å². The maximum Gasteiger partial charge on any atom is 0.296 e. The lowest BCUT2D eigenvalue weighted by molar-refractivity contribution is 0.560. The molecule has 84 valence electrons. The van der Waals surface area contributed by atoms with Crippen LogP contribution in [-0.4, -0.2) is 23.2 Å². The van der Waals surface area contributed by atoms with Gasteiger partial charge in [0.05, 0.1) is 0 Å². The highest BCUT2D eigenvalue weighted by Gasteiger charge is 2.34. The minimum atomic E-state index is -3.79. The van der Waals surface area contributed by atoms with Crippen molar-refractivity contribution >= 4 is 19.7 Å². The summed E-state index contributed by atoms with van der Waals surface area (Å²) >= 11 is 0. The number of aromatic nitrogens is 3. The average Bonchev–Trinajstić information content (AvgIpc) is 2.81. The van der Waals surface area contributed by atoms with Crippen molar-refractivity contribution in [3.05, 3.63) is 5.82 Å². The van der Waals surface area contributed by atoms with Gasteiger partial charge in [-0.25, -0.2) is 8.42 Å². The molecule has 1 aliphatic carbocycles. The first-order valence-corrected chi connectivity index (χ1v) is 7.11. The first-order chi connectivity index (χ1) is 6.91. The minimum absolute atomic E-state index is 0.115. The monoisotopic (exact) mass is 249 g/mol. The van der Waals surface area contributed by atoms with E-state index in [0.717, 1.165) is 12.8 Å². The van der Waals surface area contributed by atoms with Gasteiger partial charge in [0.25, 0.3) is 14.2 Å². The van der Waals surface area contributed by atoms with Crippen LogP contribution in [0.4, 0.5) is 0 Å². The molecule has 7 heteroatoms. The number of rotatable bonds is 3. The molecule has 1 aliphatic rings. The highest BCUT2D eigenvalue weighted by Crippen LogP contribution is 2.39. The Morgan fingerprint density at radius 1 is 1.40 bits per heavy atom. The summed E-state index contributed by atoms with van der Waals surface area (Å²) in [5.41, 5.74) is 0. The predicted molar refractivity (Wildman–Crippen MR) is 55.4 cm³/mol. The molecule has 0 bridgehead atoms. The van der Waals surface area contributed by atoms with E-state index in [-0.39, 0.29) is 17.1 Å². The van der Waals surface area contributed by atoms with Gasteiger partial charge in [0.15, 0.2) is 0 Å². The van der Waals surface area contributed by atoms with Crippen molar-refractivity contribution in [1.82, 2.24) is 14.8 Å². The third-order valence-corrected chi connectivity index (χ3v) is 3.47. The van der Waals surface area contributed by atoms with Gasteiger partial charge in [0.2, 0.25) is 0 Å². The van der Waals surface area contributed by atoms with Gasteiger partial charge in [-0.05, 0) is 12.8 Å². The molecule has 1 aromatic rings. The van der Waals surface area contributed by atoms with Crippen LogP contribution in [0, 0.1) is 0 Å². The summed E-state index contributed by atoms with van der Waals surface area (Å²) < 4.78 is 24.2. The van der Waals surface area contributed by atoms with E-state index in [1.54, 1.807) is 4.57 Å². The van der Waals surface area contributed by atoms with E-state index in [1.165, 1.54) is 0 Å². The Hall–Kier alpha value is -0.620. The molecular weight excluding hydrogens is 238 g/mol. The van der Waals surface area contributed by atoms with Crippen LogP contribution in [0.3, 0.4) is 0 Å². The van der Waals surface area contributed by atoms with E-state index in [0.29, 0.717) is 5.82 Å². The van der Waals surface area contributed by atoms with E-state index >= 15 is 0 Å². The molecule has 1 aromatic heterocycles. The van der Waals surface area contributed by atoms with Crippen LogP contribution in [0.1, 0.15) is 44.5 Å². The third-order valence-electron chi connectivity index (χ3n) is 2.34. The second-order valence-electron chi connectivity index (χ2n) is 4.03. The summed E-state index contributed by atoms with van der Waals surface area (Å²) in [4.78, 5) is 0. The second-order valence-corrected chi connectivity index (χ2v) is 6.49. The lowest BCUT2D eigenvalue weighted by Crippen LogP contribution is -2.09. The Bertz CT molecular complexity index is 476. The van der Waals surface area contributed by atoms with Crippen molar-refractivity contribution in [1.29, 1.82) is 0 Å². The Kier molecular flexibility index (Phi) is 2.50. The van der Waals surface area contributed by atoms with Crippen LogP contribution in [0.2, 0.25) is 0 Å². The van der Waals surface area contributed by atoms with E-state index in [9.17, 15) is 8.42 Å². The number of hydrogen-bond donors (Lipinski definition) is 0. The third kappa shape index (κ3) is 2.01. The SMILES string of the molecule is CC(C)c1nnc(S(=O)(=O)Cl)n1C1CC1. The second kappa shape index (κ2) is 3.45. The Morgan fingerprint density at radius 3 is 2.40 bits per heavy atom. The first kappa shape index (κ1) is 10.9. The number of hydrogen-bond acceptors (Lipinski definition) is 4. The van der Waals surface area contributed by atoms with Gasteiger partial charge in [0, 0.05) is 22.6 Å². The molecule has 0 atom stereocenters. The molecule has 0 aromatic carbocycles. The fourth-order valence-electron chi connectivity index (χ4n) is 1.52. The predicted octanol–water partition coefficient (Wildman–Crippen LogP) is 1.66. The summed E-state index contributed by atoms with van der Waals surface area (Å²) in [6.45, 7) is 3.90. The molecule has 0 radical (unpaired) electrons. The van der Waals surface area contributed by atoms with Gasteiger partial charge < -0.3 is 0 Å². The molecule has 1 fully saturated rings. The highest BCUT2D eigenvalue weighted by molar-refractivity contribution is 8.13. The summed E-state index contributed by atoms with van der Waals surface area (Å²) in [6.07, 6.45) is 1.94. The van der Waals surface area contributed by atoms with Crippen molar-refractivity contribution in [3.63, 3.8) is 0 Å². The van der Waals surface area contributed by atoms with E-state index in [1.807, 2.05) is 13.8 Å². The lowest BCUT2D eigenvalue weighted by atomic mass is 10.2.